The van der Waals surface area contributed by atoms with Crippen LogP contribution in [0.5, 0.6) is 11.5 Å². The van der Waals surface area contributed by atoms with E-state index in [4.69, 9.17) is 9.47 Å². The smallest absolute Gasteiger partial charge is 0.263 e. The highest BCUT2D eigenvalue weighted by Crippen LogP contribution is 2.39. The van der Waals surface area contributed by atoms with E-state index in [0.29, 0.717) is 22.7 Å². The molecule has 0 saturated carbocycles. The second-order valence-electron chi connectivity index (χ2n) is 9.49. The number of nitrogens with zero attached hydrogens (tertiary/aromatic N) is 1. The van der Waals surface area contributed by atoms with Crippen LogP contribution in [0, 0.1) is 0 Å². The van der Waals surface area contributed by atoms with Crippen LogP contribution in [-0.2, 0) is 14.6 Å². The molecule has 2 unspecified atom stereocenters. The third-order valence-electron chi connectivity index (χ3n) is 6.61. The summed E-state index contributed by atoms with van der Waals surface area (Å²) in [6.45, 7) is 3.55. The van der Waals surface area contributed by atoms with Crippen LogP contribution in [0.15, 0.2) is 53.4 Å². The Morgan fingerprint density at radius 2 is 1.52 bits per heavy atom. The lowest BCUT2D eigenvalue weighted by Gasteiger charge is -2.41. The van der Waals surface area contributed by atoms with E-state index in [0.717, 1.165) is 37.1 Å². The van der Waals surface area contributed by atoms with Crippen LogP contribution in [0.2, 0.25) is 0 Å². The first-order valence-corrected chi connectivity index (χ1v) is 13.2. The van der Waals surface area contributed by atoms with Gasteiger partial charge in [0.25, 0.3) is 5.91 Å². The molecule has 1 amide bonds. The Balaban J connectivity index is 1.38. The Labute approximate surface area is 196 Å². The Morgan fingerprint density at radius 1 is 0.970 bits per heavy atom. The fourth-order valence-corrected chi connectivity index (χ4v) is 5.56. The number of sulfone groups is 1. The Morgan fingerprint density at radius 3 is 2.03 bits per heavy atom. The number of fused-ring (bicyclic) bond motifs is 2. The molecule has 2 aromatic rings. The number of amides is 1. The van der Waals surface area contributed by atoms with Gasteiger partial charge in [-0.1, -0.05) is 0 Å². The highest BCUT2D eigenvalue weighted by molar-refractivity contribution is 7.90. The van der Waals surface area contributed by atoms with Gasteiger partial charge in [0.1, 0.15) is 11.5 Å². The Kier molecular flexibility index (Phi) is 6.31. The summed E-state index contributed by atoms with van der Waals surface area (Å²) in [5, 5.41) is 3.21. The van der Waals surface area contributed by atoms with Gasteiger partial charge in [0.2, 0.25) is 0 Å². The van der Waals surface area contributed by atoms with E-state index in [2.05, 4.69) is 10.2 Å². The number of benzene rings is 2. The minimum atomic E-state index is -3.21. The SMILES string of the molecule is COc1ccc(OC(C)(C)C(=O)NC2CC3CCC(C2)N3c2ccc(S(C)(=O)=O)cc2)cc1. The number of hydrogen-bond donors (Lipinski definition) is 1. The molecule has 2 fully saturated rings. The van der Waals surface area contributed by atoms with E-state index in [1.807, 2.05) is 12.1 Å². The van der Waals surface area contributed by atoms with Crippen LogP contribution in [0.3, 0.4) is 0 Å². The van der Waals surface area contributed by atoms with E-state index in [-0.39, 0.29) is 11.9 Å². The van der Waals surface area contributed by atoms with Crippen molar-refractivity contribution in [3.8, 4) is 11.5 Å². The number of piperidine rings is 1. The van der Waals surface area contributed by atoms with Crippen LogP contribution in [0.25, 0.3) is 0 Å². The maximum atomic E-state index is 13.0. The predicted molar refractivity (Wildman–Crippen MR) is 128 cm³/mol. The molecule has 178 valence electrons. The molecule has 0 radical (unpaired) electrons. The standard InChI is InChI=1S/C25H32N2O5S/c1-25(2,32-22-11-9-21(31-3)10-12-22)24(28)26-17-15-19-5-6-20(16-17)27(19)18-7-13-23(14-8-18)33(4,29)30/h7-14,17,19-20H,5-6,15-16H2,1-4H3,(H,26,28). The highest BCUT2D eigenvalue weighted by Gasteiger charge is 2.42. The van der Waals surface area contributed by atoms with Crippen molar-refractivity contribution >= 4 is 21.4 Å². The van der Waals surface area contributed by atoms with Crippen LogP contribution < -0.4 is 19.7 Å². The molecule has 0 spiro atoms. The minimum absolute atomic E-state index is 0.0836. The molecule has 2 bridgehead atoms. The first-order chi connectivity index (χ1) is 15.6. The lowest BCUT2D eigenvalue weighted by Crippen LogP contribution is -2.55. The van der Waals surface area contributed by atoms with Gasteiger partial charge in [0, 0.05) is 30.1 Å². The summed E-state index contributed by atoms with van der Waals surface area (Å²) in [6, 6.07) is 15.1. The zero-order valence-electron chi connectivity index (χ0n) is 19.6. The Hall–Kier alpha value is -2.74. The van der Waals surface area contributed by atoms with Crippen LogP contribution in [0.1, 0.15) is 39.5 Å². The maximum absolute atomic E-state index is 13.0. The van der Waals surface area contributed by atoms with E-state index in [1.54, 1.807) is 57.4 Å². The minimum Gasteiger partial charge on any atom is -0.497 e. The number of carbonyl (C=O) groups excluding carboxylic acids is 1. The van der Waals surface area contributed by atoms with Crippen molar-refractivity contribution in [2.24, 2.45) is 0 Å². The average molecular weight is 473 g/mol. The van der Waals surface area contributed by atoms with Crippen molar-refractivity contribution < 1.29 is 22.7 Å². The number of nitrogens with one attached hydrogen (secondary N) is 1. The van der Waals surface area contributed by atoms with Crippen LogP contribution >= 0.6 is 0 Å². The first kappa shape index (κ1) is 23.4. The number of hydrogen-bond acceptors (Lipinski definition) is 6. The van der Waals surface area contributed by atoms with E-state index in [1.165, 1.54) is 6.26 Å². The summed E-state index contributed by atoms with van der Waals surface area (Å²) in [5.41, 5.74) is 0.0366. The lowest BCUT2D eigenvalue weighted by molar-refractivity contribution is -0.135. The summed E-state index contributed by atoms with van der Waals surface area (Å²) in [4.78, 5) is 15.8. The average Bonchev–Trinajstić information content (AvgIpc) is 3.03. The van der Waals surface area contributed by atoms with E-state index in [9.17, 15) is 13.2 Å². The quantitative estimate of drug-likeness (QED) is 0.663. The van der Waals surface area contributed by atoms with Gasteiger partial charge in [0.15, 0.2) is 15.4 Å². The largest absolute Gasteiger partial charge is 0.497 e. The molecular weight excluding hydrogens is 440 g/mol. The third kappa shape index (κ3) is 5.11. The Bertz CT molecular complexity index is 1080. The van der Waals surface area contributed by atoms with Crippen LogP contribution in [-0.4, -0.2) is 51.4 Å². The van der Waals surface area contributed by atoms with Gasteiger partial charge in [-0.3, -0.25) is 4.79 Å². The van der Waals surface area contributed by atoms with E-state index >= 15 is 0 Å². The van der Waals surface area contributed by atoms with Crippen molar-refractivity contribution in [1.29, 1.82) is 0 Å². The van der Waals surface area contributed by atoms with Crippen molar-refractivity contribution in [3.05, 3.63) is 48.5 Å². The molecule has 4 rings (SSSR count). The first-order valence-electron chi connectivity index (χ1n) is 11.3. The van der Waals surface area contributed by atoms with Crippen LogP contribution in [0.4, 0.5) is 5.69 Å². The van der Waals surface area contributed by atoms with Crippen molar-refractivity contribution in [2.75, 3.05) is 18.3 Å². The molecular formula is C25H32N2O5S. The lowest BCUT2D eigenvalue weighted by atomic mass is 9.95. The molecule has 1 N–H and O–H groups in total. The summed E-state index contributed by atoms with van der Waals surface area (Å²) in [5.74, 6) is 1.22. The maximum Gasteiger partial charge on any atom is 0.263 e. The predicted octanol–water partition coefficient (Wildman–Crippen LogP) is 3.57. The zero-order valence-corrected chi connectivity index (χ0v) is 20.4. The molecule has 33 heavy (non-hydrogen) atoms. The van der Waals surface area contributed by atoms with Gasteiger partial charge in [-0.15, -0.1) is 0 Å². The van der Waals surface area contributed by atoms with Gasteiger partial charge < -0.3 is 19.7 Å². The van der Waals surface area contributed by atoms with Crippen molar-refractivity contribution in [1.82, 2.24) is 5.32 Å². The topological polar surface area (TPSA) is 84.9 Å². The number of rotatable bonds is 7. The van der Waals surface area contributed by atoms with Gasteiger partial charge >= 0.3 is 0 Å². The molecule has 2 aliphatic heterocycles. The van der Waals surface area contributed by atoms with E-state index < -0.39 is 15.4 Å². The monoisotopic (exact) mass is 472 g/mol. The van der Waals surface area contributed by atoms with Gasteiger partial charge in [0.05, 0.1) is 12.0 Å². The number of ether oxygens (including phenoxy) is 2. The third-order valence-corrected chi connectivity index (χ3v) is 7.74. The highest BCUT2D eigenvalue weighted by atomic mass is 32.2. The second kappa shape index (κ2) is 8.89. The molecule has 8 heteroatoms. The van der Waals surface area contributed by atoms with Gasteiger partial charge in [-0.2, -0.15) is 0 Å². The van der Waals surface area contributed by atoms with Gasteiger partial charge in [-0.25, -0.2) is 8.42 Å². The molecule has 2 aliphatic rings. The van der Waals surface area contributed by atoms with Crippen molar-refractivity contribution in [3.63, 3.8) is 0 Å². The molecule has 0 aliphatic carbocycles. The number of anilines is 1. The van der Waals surface area contributed by atoms with Crippen molar-refractivity contribution in [2.45, 2.75) is 68.2 Å². The molecule has 0 aromatic heterocycles. The summed E-state index contributed by atoms with van der Waals surface area (Å²) >= 11 is 0. The summed E-state index contributed by atoms with van der Waals surface area (Å²) in [7, 11) is -1.60. The summed E-state index contributed by atoms with van der Waals surface area (Å²) in [6.07, 6.45) is 5.07. The normalized spacial score (nSPS) is 22.7. The number of carbonyl (C=O) groups is 1. The number of methoxy groups -OCH3 is 1. The molecule has 7 nitrogen and oxygen atoms in total. The molecule has 2 heterocycles. The second-order valence-corrected chi connectivity index (χ2v) is 11.5. The zero-order chi connectivity index (χ0) is 23.8. The summed E-state index contributed by atoms with van der Waals surface area (Å²) < 4.78 is 34.7. The fraction of sp³-hybridized carbons (Fsp3) is 0.480. The molecule has 2 saturated heterocycles. The fourth-order valence-electron chi connectivity index (χ4n) is 4.93. The van der Waals surface area contributed by atoms with Gasteiger partial charge in [-0.05, 0) is 88.1 Å². The molecule has 2 aromatic carbocycles. The molecule has 2 atom stereocenters.